The van der Waals surface area contributed by atoms with Gasteiger partial charge in [0, 0.05) is 17.2 Å². The van der Waals surface area contributed by atoms with Crippen molar-refractivity contribution in [3.63, 3.8) is 0 Å². The van der Waals surface area contributed by atoms with E-state index in [1.165, 1.54) is 10.5 Å². The maximum atomic E-state index is 14.0. The van der Waals surface area contributed by atoms with Gasteiger partial charge in [0.05, 0.1) is 22.3 Å². The molecule has 2 aliphatic rings. The Morgan fingerprint density at radius 1 is 0.925 bits per heavy atom. The van der Waals surface area contributed by atoms with Crippen molar-refractivity contribution in [2.75, 3.05) is 4.90 Å². The number of carbonyl (C=O) groups is 3. The maximum Gasteiger partial charge on any atom is 0.257 e. The zero-order valence-corrected chi connectivity index (χ0v) is 23.7. The number of hydrogen-bond acceptors (Lipinski definition) is 5. The Hall–Kier alpha value is -3.84. The smallest absolute Gasteiger partial charge is 0.257 e. The van der Waals surface area contributed by atoms with E-state index < -0.39 is 6.04 Å². The Morgan fingerprint density at radius 2 is 1.65 bits per heavy atom. The first-order valence-electron chi connectivity index (χ1n) is 14.1. The highest BCUT2D eigenvalue weighted by Gasteiger charge is 2.46. The molecule has 1 aliphatic carbocycles. The second-order valence-corrected chi connectivity index (χ2v) is 12.0. The number of anilines is 1. The number of thiazole rings is 1. The highest BCUT2D eigenvalue weighted by Crippen LogP contribution is 2.35. The van der Waals surface area contributed by atoms with Crippen LogP contribution in [0.2, 0.25) is 0 Å². The lowest BCUT2D eigenvalue weighted by atomic mass is 10.00. The van der Waals surface area contributed by atoms with Crippen LogP contribution in [0.1, 0.15) is 66.4 Å². The minimum Gasteiger partial charge on any atom is -0.323 e. The van der Waals surface area contributed by atoms with E-state index in [1.54, 1.807) is 16.2 Å². The predicted octanol–water partition coefficient (Wildman–Crippen LogP) is 7.08. The molecule has 7 heteroatoms. The average molecular weight is 552 g/mol. The van der Waals surface area contributed by atoms with Crippen LogP contribution in [0.15, 0.2) is 66.7 Å². The summed E-state index contributed by atoms with van der Waals surface area (Å²) in [6.07, 6.45) is 6.02. The van der Waals surface area contributed by atoms with Gasteiger partial charge in [0.15, 0.2) is 0 Å². The normalized spacial score (nSPS) is 18.4. The molecule has 1 aliphatic heterocycles. The zero-order chi connectivity index (χ0) is 27.8. The second kappa shape index (κ2) is 11.0. The SMILES string of the molecule is Cc1ccc2nc(-c3ccc(N4C(=O)CC(N(C(=O)c5ccccc5C)C5CCCCCC5)C4=O)cc3)sc2c1. The monoisotopic (exact) mass is 551 g/mol. The fraction of sp³-hybridized carbons (Fsp3) is 0.333. The van der Waals surface area contributed by atoms with Gasteiger partial charge in [-0.25, -0.2) is 9.88 Å². The molecule has 1 unspecified atom stereocenters. The van der Waals surface area contributed by atoms with Gasteiger partial charge in [-0.2, -0.15) is 0 Å². The van der Waals surface area contributed by atoms with Crippen molar-refractivity contribution >= 4 is 45.0 Å². The summed E-state index contributed by atoms with van der Waals surface area (Å²) in [6.45, 7) is 3.98. The van der Waals surface area contributed by atoms with E-state index >= 15 is 0 Å². The summed E-state index contributed by atoms with van der Waals surface area (Å²) in [4.78, 5) is 49.0. The first-order valence-corrected chi connectivity index (χ1v) is 14.9. The number of nitrogens with zero attached hydrogens (tertiary/aromatic N) is 3. The minimum atomic E-state index is -0.796. The first-order chi connectivity index (χ1) is 19.4. The van der Waals surface area contributed by atoms with Gasteiger partial charge < -0.3 is 4.90 Å². The number of aromatic nitrogens is 1. The van der Waals surface area contributed by atoms with Crippen molar-refractivity contribution in [1.82, 2.24) is 9.88 Å². The van der Waals surface area contributed by atoms with Crippen LogP contribution < -0.4 is 4.90 Å². The van der Waals surface area contributed by atoms with Crippen molar-refractivity contribution in [2.24, 2.45) is 0 Å². The molecule has 2 heterocycles. The Bertz CT molecular complexity index is 1580. The molecule has 1 atom stereocenters. The summed E-state index contributed by atoms with van der Waals surface area (Å²) < 4.78 is 1.13. The summed E-state index contributed by atoms with van der Waals surface area (Å²) in [5.74, 6) is -0.742. The fourth-order valence-electron chi connectivity index (χ4n) is 6.06. The molecular weight excluding hydrogens is 518 g/mol. The van der Waals surface area contributed by atoms with Crippen LogP contribution in [0.5, 0.6) is 0 Å². The molecular formula is C33H33N3O3S. The summed E-state index contributed by atoms with van der Waals surface area (Å²) in [6, 6.07) is 20.3. The molecule has 0 spiro atoms. The number of amides is 3. The summed E-state index contributed by atoms with van der Waals surface area (Å²) >= 11 is 1.63. The lowest BCUT2D eigenvalue weighted by Gasteiger charge is -2.35. The van der Waals surface area contributed by atoms with Crippen molar-refractivity contribution < 1.29 is 14.4 Å². The largest absolute Gasteiger partial charge is 0.323 e. The van der Waals surface area contributed by atoms with Crippen LogP contribution in [-0.4, -0.2) is 39.7 Å². The minimum absolute atomic E-state index is 0.00588. The van der Waals surface area contributed by atoms with E-state index in [0.29, 0.717) is 11.3 Å². The van der Waals surface area contributed by atoms with E-state index in [0.717, 1.165) is 64.9 Å². The Labute approximate surface area is 238 Å². The molecule has 40 heavy (non-hydrogen) atoms. The number of carbonyl (C=O) groups excluding carboxylic acids is 3. The van der Waals surface area contributed by atoms with Gasteiger partial charge in [-0.3, -0.25) is 14.4 Å². The molecule has 0 N–H and O–H groups in total. The van der Waals surface area contributed by atoms with Crippen molar-refractivity contribution in [1.29, 1.82) is 0 Å². The lowest BCUT2D eigenvalue weighted by molar-refractivity contribution is -0.123. The molecule has 204 valence electrons. The van der Waals surface area contributed by atoms with Gasteiger partial charge in [-0.15, -0.1) is 11.3 Å². The number of rotatable bonds is 5. The van der Waals surface area contributed by atoms with Gasteiger partial charge >= 0.3 is 0 Å². The number of fused-ring (bicyclic) bond motifs is 1. The third kappa shape index (κ3) is 4.94. The molecule has 6 nitrogen and oxygen atoms in total. The van der Waals surface area contributed by atoms with Crippen LogP contribution in [-0.2, 0) is 9.59 Å². The molecule has 6 rings (SSSR count). The molecule has 1 aromatic heterocycles. The Kier molecular flexibility index (Phi) is 7.24. The topological polar surface area (TPSA) is 70.6 Å². The second-order valence-electron chi connectivity index (χ2n) is 11.0. The molecule has 0 bridgehead atoms. The highest BCUT2D eigenvalue weighted by molar-refractivity contribution is 7.21. The van der Waals surface area contributed by atoms with Gasteiger partial charge in [-0.05, 0) is 80.3 Å². The van der Waals surface area contributed by atoms with Crippen molar-refractivity contribution in [3.05, 3.63) is 83.4 Å². The lowest BCUT2D eigenvalue weighted by Crippen LogP contribution is -2.51. The number of benzene rings is 3. The van der Waals surface area contributed by atoms with Crippen LogP contribution >= 0.6 is 11.3 Å². The van der Waals surface area contributed by atoms with Crippen molar-refractivity contribution in [3.8, 4) is 10.6 Å². The average Bonchev–Trinajstić information content (AvgIpc) is 3.37. The highest BCUT2D eigenvalue weighted by atomic mass is 32.1. The first kappa shape index (κ1) is 26.4. The number of hydrogen-bond donors (Lipinski definition) is 0. The van der Waals surface area contributed by atoms with Gasteiger partial charge in [-0.1, -0.05) is 49.9 Å². The molecule has 0 radical (unpaired) electrons. The number of imide groups is 1. The van der Waals surface area contributed by atoms with Crippen molar-refractivity contribution in [2.45, 2.75) is 70.9 Å². The summed E-state index contributed by atoms with van der Waals surface area (Å²) in [5, 5.41) is 0.896. The van der Waals surface area contributed by atoms with E-state index in [2.05, 4.69) is 19.1 Å². The Balaban J connectivity index is 1.29. The molecule has 1 saturated heterocycles. The number of aryl methyl sites for hydroxylation is 2. The van der Waals surface area contributed by atoms with Crippen LogP contribution in [0.3, 0.4) is 0 Å². The van der Waals surface area contributed by atoms with Crippen LogP contribution in [0.4, 0.5) is 5.69 Å². The van der Waals surface area contributed by atoms with Crippen LogP contribution in [0.25, 0.3) is 20.8 Å². The summed E-state index contributed by atoms with van der Waals surface area (Å²) in [7, 11) is 0. The fourth-order valence-corrected chi connectivity index (χ4v) is 7.13. The van der Waals surface area contributed by atoms with E-state index in [-0.39, 0.29) is 30.2 Å². The molecule has 1 saturated carbocycles. The van der Waals surface area contributed by atoms with Gasteiger partial charge in [0.1, 0.15) is 11.0 Å². The molecule has 2 fully saturated rings. The predicted molar refractivity (Wildman–Crippen MR) is 160 cm³/mol. The maximum absolute atomic E-state index is 14.0. The summed E-state index contributed by atoms with van der Waals surface area (Å²) in [5.41, 5.74) is 5.09. The van der Waals surface area contributed by atoms with Gasteiger partial charge in [0.25, 0.3) is 11.8 Å². The van der Waals surface area contributed by atoms with E-state index in [9.17, 15) is 14.4 Å². The van der Waals surface area contributed by atoms with E-state index in [4.69, 9.17) is 4.98 Å². The quantitative estimate of drug-likeness (QED) is 0.196. The van der Waals surface area contributed by atoms with Gasteiger partial charge in [0.2, 0.25) is 5.91 Å². The molecule has 3 aromatic carbocycles. The third-order valence-corrected chi connectivity index (χ3v) is 9.27. The van der Waals surface area contributed by atoms with E-state index in [1.807, 2.05) is 61.5 Å². The zero-order valence-electron chi connectivity index (χ0n) is 22.9. The Morgan fingerprint density at radius 3 is 2.38 bits per heavy atom. The van der Waals surface area contributed by atoms with Crippen LogP contribution in [0, 0.1) is 13.8 Å². The standard InChI is InChI=1S/C33H33N3O3S/c1-21-13-18-27-29(19-21)40-31(34-27)23-14-16-25(17-15-23)36-30(37)20-28(33(36)39)35(24-10-5-3-4-6-11-24)32(38)26-12-8-7-9-22(26)2/h7-9,12-19,24,28H,3-6,10-11,20H2,1-2H3. The third-order valence-electron chi connectivity index (χ3n) is 8.20. The molecule has 3 amide bonds. The molecule has 4 aromatic rings.